The minimum Gasteiger partial charge on any atom is -0.496 e. The molecule has 3 unspecified atom stereocenters. The number of rotatable bonds is 5. The Kier molecular flexibility index (Phi) is 4.24. The Morgan fingerprint density at radius 3 is 2.65 bits per heavy atom. The molecule has 0 amide bonds. The molecule has 1 aromatic carbocycles. The number of hydrogen-bond acceptors (Lipinski definition) is 4. The first-order valence-corrected chi connectivity index (χ1v) is 7.48. The molecule has 2 bridgehead atoms. The Balaban J connectivity index is 1.70. The lowest BCUT2D eigenvalue weighted by atomic mass is 10.0. The molecule has 20 heavy (non-hydrogen) atoms. The Morgan fingerprint density at radius 2 is 2.00 bits per heavy atom. The number of fused-ring (bicyclic) bond motifs is 2. The largest absolute Gasteiger partial charge is 0.496 e. The monoisotopic (exact) mass is 276 g/mol. The SMILES string of the molecule is CNC(CN1CC2CCC(C1)O2)c1ccccc1OC. The third kappa shape index (κ3) is 2.82. The van der Waals surface area contributed by atoms with Crippen molar-refractivity contribution in [3.63, 3.8) is 0 Å². The van der Waals surface area contributed by atoms with Gasteiger partial charge in [0.15, 0.2) is 0 Å². The van der Waals surface area contributed by atoms with Crippen molar-refractivity contribution in [1.29, 1.82) is 0 Å². The van der Waals surface area contributed by atoms with Gasteiger partial charge >= 0.3 is 0 Å². The number of nitrogens with one attached hydrogen (secondary N) is 1. The summed E-state index contributed by atoms with van der Waals surface area (Å²) in [5, 5.41) is 3.43. The molecule has 0 aromatic heterocycles. The molecule has 4 heteroatoms. The summed E-state index contributed by atoms with van der Waals surface area (Å²) in [6.45, 7) is 3.13. The third-order valence-corrected chi connectivity index (χ3v) is 4.42. The molecule has 2 saturated heterocycles. The van der Waals surface area contributed by atoms with E-state index in [9.17, 15) is 0 Å². The summed E-state index contributed by atoms with van der Waals surface area (Å²) in [4.78, 5) is 2.53. The Labute approximate surface area is 121 Å². The zero-order chi connectivity index (χ0) is 13.9. The first-order chi connectivity index (χ1) is 9.80. The van der Waals surface area contributed by atoms with Crippen molar-refractivity contribution in [2.24, 2.45) is 0 Å². The van der Waals surface area contributed by atoms with Gasteiger partial charge in [0.2, 0.25) is 0 Å². The Hall–Kier alpha value is -1.10. The van der Waals surface area contributed by atoms with Crippen LogP contribution in [0.25, 0.3) is 0 Å². The van der Waals surface area contributed by atoms with Crippen LogP contribution in [-0.4, -0.2) is 50.9 Å². The highest BCUT2D eigenvalue weighted by molar-refractivity contribution is 5.36. The molecule has 1 N–H and O–H groups in total. The zero-order valence-corrected chi connectivity index (χ0v) is 12.3. The van der Waals surface area contributed by atoms with Crippen molar-refractivity contribution in [3.8, 4) is 5.75 Å². The molecule has 0 aliphatic carbocycles. The highest BCUT2D eigenvalue weighted by Gasteiger charge is 2.34. The minimum absolute atomic E-state index is 0.295. The number of likely N-dealkylation sites (tertiary alicyclic amines) is 1. The van der Waals surface area contributed by atoms with E-state index in [1.165, 1.54) is 18.4 Å². The molecule has 110 valence electrons. The van der Waals surface area contributed by atoms with E-state index in [2.05, 4.69) is 22.3 Å². The van der Waals surface area contributed by atoms with E-state index in [4.69, 9.17) is 9.47 Å². The first-order valence-electron chi connectivity index (χ1n) is 7.48. The van der Waals surface area contributed by atoms with Crippen LogP contribution in [0.15, 0.2) is 24.3 Å². The summed E-state index contributed by atoms with van der Waals surface area (Å²) < 4.78 is 11.4. The van der Waals surface area contributed by atoms with Crippen molar-refractivity contribution >= 4 is 0 Å². The average Bonchev–Trinajstić information content (AvgIpc) is 2.83. The van der Waals surface area contributed by atoms with E-state index < -0.39 is 0 Å². The maximum Gasteiger partial charge on any atom is 0.123 e. The van der Waals surface area contributed by atoms with E-state index >= 15 is 0 Å². The highest BCUT2D eigenvalue weighted by atomic mass is 16.5. The van der Waals surface area contributed by atoms with Gasteiger partial charge < -0.3 is 14.8 Å². The first kappa shape index (κ1) is 13.9. The molecule has 2 fully saturated rings. The molecule has 4 nitrogen and oxygen atoms in total. The Morgan fingerprint density at radius 1 is 1.30 bits per heavy atom. The van der Waals surface area contributed by atoms with Gasteiger partial charge in [-0.2, -0.15) is 0 Å². The van der Waals surface area contributed by atoms with Crippen LogP contribution in [0.5, 0.6) is 5.75 Å². The van der Waals surface area contributed by atoms with Crippen molar-refractivity contribution in [1.82, 2.24) is 10.2 Å². The number of ether oxygens (including phenoxy) is 2. The van der Waals surface area contributed by atoms with Crippen LogP contribution in [-0.2, 0) is 4.74 Å². The van der Waals surface area contributed by atoms with E-state index in [-0.39, 0.29) is 0 Å². The second-order valence-electron chi connectivity index (χ2n) is 5.76. The quantitative estimate of drug-likeness (QED) is 0.889. The molecular weight excluding hydrogens is 252 g/mol. The van der Waals surface area contributed by atoms with Crippen LogP contribution in [0.3, 0.4) is 0 Å². The molecule has 0 saturated carbocycles. The van der Waals surface area contributed by atoms with Gasteiger partial charge in [-0.15, -0.1) is 0 Å². The van der Waals surface area contributed by atoms with Gasteiger partial charge in [-0.3, -0.25) is 4.90 Å². The fraction of sp³-hybridized carbons (Fsp3) is 0.625. The smallest absolute Gasteiger partial charge is 0.123 e. The lowest BCUT2D eigenvalue weighted by Gasteiger charge is -2.34. The van der Waals surface area contributed by atoms with Gasteiger partial charge in [-0.25, -0.2) is 0 Å². The zero-order valence-electron chi connectivity index (χ0n) is 12.3. The van der Waals surface area contributed by atoms with Gasteiger partial charge in [0.05, 0.1) is 19.3 Å². The standard InChI is InChI=1S/C16H24N2O2/c1-17-15(14-5-3-4-6-16(14)19-2)11-18-9-12-7-8-13(10-18)20-12/h3-6,12-13,15,17H,7-11H2,1-2H3. The van der Waals surface area contributed by atoms with Crippen molar-refractivity contribution in [3.05, 3.63) is 29.8 Å². The third-order valence-electron chi connectivity index (χ3n) is 4.42. The fourth-order valence-corrected chi connectivity index (χ4v) is 3.41. The number of likely N-dealkylation sites (N-methyl/N-ethyl adjacent to an activating group) is 1. The summed E-state index contributed by atoms with van der Waals surface area (Å²) in [5.74, 6) is 0.961. The Bertz CT molecular complexity index is 440. The lowest BCUT2D eigenvalue weighted by Crippen LogP contribution is -2.45. The summed E-state index contributed by atoms with van der Waals surface area (Å²) in [6, 6.07) is 8.57. The summed E-state index contributed by atoms with van der Waals surface area (Å²) in [5.41, 5.74) is 1.23. The van der Waals surface area contributed by atoms with Crippen LogP contribution >= 0.6 is 0 Å². The van der Waals surface area contributed by atoms with E-state index in [1.807, 2.05) is 19.2 Å². The van der Waals surface area contributed by atoms with Crippen LogP contribution in [0.2, 0.25) is 0 Å². The predicted octanol–water partition coefficient (Wildman–Crippen LogP) is 1.82. The number of morpholine rings is 1. The number of methoxy groups -OCH3 is 1. The van der Waals surface area contributed by atoms with E-state index in [0.29, 0.717) is 18.2 Å². The number of para-hydroxylation sites is 1. The lowest BCUT2D eigenvalue weighted by molar-refractivity contribution is -0.0406. The maximum absolute atomic E-state index is 5.91. The number of nitrogens with zero attached hydrogens (tertiary/aromatic N) is 1. The van der Waals surface area contributed by atoms with Gasteiger partial charge in [0, 0.05) is 31.2 Å². The van der Waals surface area contributed by atoms with Gasteiger partial charge in [0.25, 0.3) is 0 Å². The van der Waals surface area contributed by atoms with Crippen molar-refractivity contribution in [2.45, 2.75) is 31.1 Å². The second kappa shape index (κ2) is 6.12. The van der Waals surface area contributed by atoms with E-state index in [1.54, 1.807) is 7.11 Å². The molecule has 2 aliphatic heterocycles. The molecule has 0 radical (unpaired) electrons. The van der Waals surface area contributed by atoms with Gasteiger partial charge in [-0.1, -0.05) is 18.2 Å². The highest BCUT2D eigenvalue weighted by Crippen LogP contribution is 2.29. The topological polar surface area (TPSA) is 33.7 Å². The van der Waals surface area contributed by atoms with Gasteiger partial charge in [-0.05, 0) is 26.0 Å². The van der Waals surface area contributed by atoms with E-state index in [0.717, 1.165) is 25.4 Å². The number of hydrogen-bond donors (Lipinski definition) is 1. The molecular formula is C16H24N2O2. The molecule has 3 atom stereocenters. The fourth-order valence-electron chi connectivity index (χ4n) is 3.41. The minimum atomic E-state index is 0.295. The summed E-state index contributed by atoms with van der Waals surface area (Å²) in [6.07, 6.45) is 3.34. The summed E-state index contributed by atoms with van der Waals surface area (Å²) >= 11 is 0. The van der Waals surface area contributed by atoms with Crippen LogP contribution in [0.1, 0.15) is 24.4 Å². The molecule has 3 rings (SSSR count). The normalized spacial score (nSPS) is 27.5. The molecule has 2 heterocycles. The summed E-state index contributed by atoms with van der Waals surface area (Å²) in [7, 11) is 3.76. The average molecular weight is 276 g/mol. The molecule has 1 aromatic rings. The van der Waals surface area contributed by atoms with Crippen LogP contribution in [0, 0.1) is 0 Å². The maximum atomic E-state index is 5.91. The number of benzene rings is 1. The van der Waals surface area contributed by atoms with Crippen LogP contribution in [0.4, 0.5) is 0 Å². The second-order valence-corrected chi connectivity index (χ2v) is 5.76. The molecule has 0 spiro atoms. The van der Waals surface area contributed by atoms with Crippen LogP contribution < -0.4 is 10.1 Å². The van der Waals surface area contributed by atoms with Crippen molar-refractivity contribution < 1.29 is 9.47 Å². The van der Waals surface area contributed by atoms with Gasteiger partial charge in [0.1, 0.15) is 5.75 Å². The predicted molar refractivity (Wildman–Crippen MR) is 79.1 cm³/mol. The van der Waals surface area contributed by atoms with Crippen molar-refractivity contribution in [2.75, 3.05) is 33.8 Å². The molecule has 2 aliphatic rings.